The molecule has 224 valence electrons. The van der Waals surface area contributed by atoms with Crippen LogP contribution < -0.4 is 0 Å². The molecule has 14 heteroatoms. The average Bonchev–Trinajstić information content (AvgIpc) is 2.82. The molecule has 6 rings (SSSR count). The molecular formula is C27H24F8O6. The summed E-state index contributed by atoms with van der Waals surface area (Å²) in [4.78, 5) is 32.0. The predicted octanol–water partition coefficient (Wildman–Crippen LogP) is 7.37. The summed E-state index contributed by atoms with van der Waals surface area (Å²) >= 11 is 0. The fourth-order valence-corrected chi connectivity index (χ4v) is 6.34. The number of aromatic carboxylic acids is 2. The second kappa shape index (κ2) is 11.6. The third kappa shape index (κ3) is 7.14. The first-order valence-corrected chi connectivity index (χ1v) is 12.3. The lowest BCUT2D eigenvalue weighted by Gasteiger charge is -2.54. The standard InChI is InChI=1S/C11H16O2.2C8H4F4O2/c12-10(13)11-4-7-1-8(5-11)3-9(2-7)6-11;9-5-3-1-2-4(8(10,11)12)6(5)7(13)14;9-5-3-1-2-4(7(13)14)6(5)8(10,11)12/h7-9H,1-6H2,(H,12,13);2*1-3H,(H,13,14). The third-order valence-corrected chi connectivity index (χ3v) is 7.55. The van der Waals surface area contributed by atoms with E-state index in [9.17, 15) is 54.6 Å². The minimum absolute atomic E-state index is 0.283. The van der Waals surface area contributed by atoms with E-state index in [1.54, 1.807) is 0 Å². The summed E-state index contributed by atoms with van der Waals surface area (Å²) in [6, 6.07) is 4.17. The number of aliphatic carboxylic acids is 1. The molecule has 4 aliphatic carbocycles. The monoisotopic (exact) mass is 596 g/mol. The maximum absolute atomic E-state index is 12.8. The SMILES string of the molecule is O=C(O)C12CC3CC(CC(C3)C1)C2.O=C(O)c1c(F)cccc1C(F)(F)F.O=C(O)c1cccc(F)c1C(F)(F)F. The highest BCUT2D eigenvalue weighted by molar-refractivity contribution is 5.90. The van der Waals surface area contributed by atoms with Gasteiger partial charge in [-0.1, -0.05) is 12.1 Å². The van der Waals surface area contributed by atoms with Gasteiger partial charge in [-0.2, -0.15) is 26.3 Å². The molecule has 0 unspecified atom stereocenters. The zero-order valence-corrected chi connectivity index (χ0v) is 21.0. The van der Waals surface area contributed by atoms with Gasteiger partial charge in [0.05, 0.1) is 16.5 Å². The molecule has 3 N–H and O–H groups in total. The van der Waals surface area contributed by atoms with Gasteiger partial charge in [0, 0.05) is 0 Å². The zero-order chi connectivity index (χ0) is 30.9. The zero-order valence-electron chi connectivity index (χ0n) is 21.0. The molecule has 4 fully saturated rings. The number of hydrogen-bond acceptors (Lipinski definition) is 3. The Balaban J connectivity index is 0.000000169. The molecule has 0 aromatic heterocycles. The molecule has 4 aliphatic rings. The molecule has 0 aliphatic heterocycles. The Hall–Kier alpha value is -3.71. The lowest BCUT2D eigenvalue weighted by Crippen LogP contribution is -2.49. The van der Waals surface area contributed by atoms with Crippen molar-refractivity contribution in [1.29, 1.82) is 0 Å². The van der Waals surface area contributed by atoms with Crippen LogP contribution in [0.5, 0.6) is 0 Å². The van der Waals surface area contributed by atoms with E-state index < -0.39 is 64.1 Å². The Morgan fingerprint density at radius 3 is 1.49 bits per heavy atom. The molecule has 4 saturated carbocycles. The van der Waals surface area contributed by atoms with E-state index >= 15 is 0 Å². The number of alkyl halides is 6. The molecule has 0 atom stereocenters. The van der Waals surface area contributed by atoms with Crippen molar-refractivity contribution < 1.29 is 64.8 Å². The molecule has 4 bridgehead atoms. The molecule has 41 heavy (non-hydrogen) atoms. The number of halogens is 8. The smallest absolute Gasteiger partial charge is 0.420 e. The second-order valence-corrected chi connectivity index (χ2v) is 10.4. The first-order valence-electron chi connectivity index (χ1n) is 12.3. The van der Waals surface area contributed by atoms with Gasteiger partial charge in [0.2, 0.25) is 0 Å². The van der Waals surface area contributed by atoms with Crippen LogP contribution in [0.1, 0.15) is 70.4 Å². The number of hydrogen-bond donors (Lipinski definition) is 3. The highest BCUT2D eigenvalue weighted by Crippen LogP contribution is 2.60. The van der Waals surface area contributed by atoms with Gasteiger partial charge < -0.3 is 15.3 Å². The number of rotatable bonds is 3. The Morgan fingerprint density at radius 1 is 0.683 bits per heavy atom. The highest BCUT2D eigenvalue weighted by Gasteiger charge is 2.54. The van der Waals surface area contributed by atoms with Crippen molar-refractivity contribution in [1.82, 2.24) is 0 Å². The van der Waals surface area contributed by atoms with Crippen molar-refractivity contribution in [3.8, 4) is 0 Å². The summed E-state index contributed by atoms with van der Waals surface area (Å²) in [5, 5.41) is 26.0. The first kappa shape index (κ1) is 31.8. The summed E-state index contributed by atoms with van der Waals surface area (Å²) in [6.45, 7) is 0. The summed E-state index contributed by atoms with van der Waals surface area (Å²) in [5.41, 5.74) is -5.94. The third-order valence-electron chi connectivity index (χ3n) is 7.55. The van der Waals surface area contributed by atoms with E-state index in [4.69, 9.17) is 10.2 Å². The maximum Gasteiger partial charge on any atom is 0.420 e. The van der Waals surface area contributed by atoms with Crippen LogP contribution in [0.15, 0.2) is 36.4 Å². The molecule has 2 aromatic rings. The molecule has 6 nitrogen and oxygen atoms in total. The second-order valence-electron chi connectivity index (χ2n) is 10.4. The maximum atomic E-state index is 12.8. The van der Waals surface area contributed by atoms with Crippen LogP contribution in [-0.4, -0.2) is 33.2 Å². The van der Waals surface area contributed by atoms with Crippen molar-refractivity contribution in [3.05, 3.63) is 70.3 Å². The summed E-state index contributed by atoms with van der Waals surface area (Å²) in [5.74, 6) is -4.98. The molecule has 0 radical (unpaired) electrons. The number of carboxylic acids is 3. The molecule has 0 amide bonds. The van der Waals surface area contributed by atoms with Crippen molar-refractivity contribution in [2.45, 2.75) is 50.9 Å². The summed E-state index contributed by atoms with van der Waals surface area (Å²) in [6.07, 6.45) is -2.95. The summed E-state index contributed by atoms with van der Waals surface area (Å²) < 4.78 is 98.4. The minimum Gasteiger partial charge on any atom is -0.481 e. The number of carbonyl (C=O) groups is 3. The summed E-state index contributed by atoms with van der Waals surface area (Å²) in [7, 11) is 0. The fourth-order valence-electron chi connectivity index (χ4n) is 6.34. The van der Waals surface area contributed by atoms with E-state index in [0.717, 1.165) is 49.1 Å². The van der Waals surface area contributed by atoms with Gasteiger partial charge in [0.15, 0.2) is 0 Å². The lowest BCUT2D eigenvalue weighted by atomic mass is 9.49. The van der Waals surface area contributed by atoms with Crippen molar-refractivity contribution >= 4 is 17.9 Å². The van der Waals surface area contributed by atoms with E-state index in [1.807, 2.05) is 0 Å². The van der Waals surface area contributed by atoms with Gasteiger partial charge in [-0.05, 0) is 80.5 Å². The fraction of sp³-hybridized carbons (Fsp3) is 0.444. The predicted molar refractivity (Wildman–Crippen MR) is 125 cm³/mol. The van der Waals surface area contributed by atoms with Crippen LogP contribution in [0.4, 0.5) is 35.1 Å². The number of carboxylic acid groups (broad SMARTS) is 3. The topological polar surface area (TPSA) is 112 Å². The van der Waals surface area contributed by atoms with Crippen molar-refractivity contribution in [3.63, 3.8) is 0 Å². The van der Waals surface area contributed by atoms with E-state index in [1.165, 1.54) is 19.3 Å². The van der Waals surface area contributed by atoms with Crippen LogP contribution in [0, 0.1) is 34.8 Å². The first-order chi connectivity index (χ1) is 18.9. The lowest BCUT2D eigenvalue weighted by molar-refractivity contribution is -0.164. The van der Waals surface area contributed by atoms with Gasteiger partial charge in [0.25, 0.3) is 0 Å². The van der Waals surface area contributed by atoms with Crippen LogP contribution in [0.2, 0.25) is 0 Å². The van der Waals surface area contributed by atoms with Crippen molar-refractivity contribution in [2.24, 2.45) is 23.2 Å². The van der Waals surface area contributed by atoms with Crippen LogP contribution >= 0.6 is 0 Å². The Labute approximate surface area is 227 Å². The number of benzene rings is 2. The van der Waals surface area contributed by atoms with Gasteiger partial charge in [0.1, 0.15) is 22.8 Å². The van der Waals surface area contributed by atoms with Crippen LogP contribution in [-0.2, 0) is 17.1 Å². The van der Waals surface area contributed by atoms with Gasteiger partial charge in [-0.3, -0.25) is 4.79 Å². The van der Waals surface area contributed by atoms with E-state index in [2.05, 4.69) is 0 Å². The Morgan fingerprint density at radius 2 is 1.15 bits per heavy atom. The van der Waals surface area contributed by atoms with Gasteiger partial charge in [-0.15, -0.1) is 0 Å². The van der Waals surface area contributed by atoms with Gasteiger partial charge >= 0.3 is 30.3 Å². The van der Waals surface area contributed by atoms with Crippen LogP contribution in [0.25, 0.3) is 0 Å². The van der Waals surface area contributed by atoms with E-state index in [-0.39, 0.29) is 5.41 Å². The molecule has 0 saturated heterocycles. The van der Waals surface area contributed by atoms with Crippen molar-refractivity contribution in [2.75, 3.05) is 0 Å². The molecule has 2 aromatic carbocycles. The largest absolute Gasteiger partial charge is 0.481 e. The van der Waals surface area contributed by atoms with E-state index in [0.29, 0.717) is 24.3 Å². The highest BCUT2D eigenvalue weighted by atomic mass is 19.4. The molecular weight excluding hydrogens is 572 g/mol. The normalized spacial score (nSPS) is 24.4. The Bertz CT molecular complexity index is 1280. The average molecular weight is 596 g/mol. The quantitative estimate of drug-likeness (QED) is 0.319. The van der Waals surface area contributed by atoms with Crippen LogP contribution in [0.3, 0.4) is 0 Å². The molecule has 0 heterocycles. The minimum atomic E-state index is -5.00. The molecule has 0 spiro atoms. The Kier molecular flexibility index (Phi) is 9.04. The van der Waals surface area contributed by atoms with Gasteiger partial charge in [-0.25, -0.2) is 18.4 Å².